The van der Waals surface area contributed by atoms with E-state index in [4.69, 9.17) is 42.6 Å². The first-order valence-corrected chi connectivity index (χ1v) is 23.2. The van der Waals surface area contributed by atoms with Crippen molar-refractivity contribution in [1.29, 1.82) is 0 Å². The Morgan fingerprint density at radius 1 is 0.875 bits per heavy atom. The number of fused-ring (bicyclic) bond motifs is 4. The molecule has 0 radical (unpaired) electrons. The van der Waals surface area contributed by atoms with Gasteiger partial charge in [0.15, 0.2) is 31.3 Å². The van der Waals surface area contributed by atoms with Crippen LogP contribution in [0.1, 0.15) is 89.9 Å². The number of hydrogen-bond donors (Lipinski definition) is 6. The molecule has 4 saturated heterocycles. The van der Waals surface area contributed by atoms with Gasteiger partial charge in [0.05, 0.1) is 49.1 Å². The lowest BCUT2D eigenvalue weighted by Crippen LogP contribution is -2.64. The van der Waals surface area contributed by atoms with Crippen LogP contribution in [0.2, 0.25) is 0 Å². The SMILES string of the molecule is COc1ccc(C(=O)O[C@@H]2[C@@H](O)[C@@H](O)[C@H](O[C@H]3[C@H](O[C@H]4CC[C@@]5(C)C(=CC[C@H]6[C@@H]7C[C@@H]8O[C@@H](O)[C@H](C=C(C)C)[C@]9(C)O[C@@H](OC)[C@@]7(CC[C@@H]65)[C@H]89)C4)O[C@H](CO)[C@@H](O)[C@@H]3O)O[C@H]2C)cc1. The molecule has 0 unspecified atom stereocenters. The molecule has 1 spiro atoms. The Morgan fingerprint density at radius 3 is 2.30 bits per heavy atom. The monoisotopic (exact) mass is 900 g/mol. The number of carbonyl (C=O) groups is 1. The molecule has 7 fully saturated rings. The minimum absolute atomic E-state index is 0.0835. The average Bonchev–Trinajstić information content (AvgIpc) is 3.76. The molecule has 16 heteroatoms. The summed E-state index contributed by atoms with van der Waals surface area (Å²) < 4.78 is 55.2. The summed E-state index contributed by atoms with van der Waals surface area (Å²) in [5.74, 6) is 0.612. The second kappa shape index (κ2) is 17.5. The number of esters is 1. The molecule has 0 bridgehead atoms. The Hall–Kier alpha value is -2.55. The Balaban J connectivity index is 0.895. The molecular formula is C48H68O16. The Morgan fingerprint density at radius 2 is 1.61 bits per heavy atom. The zero-order chi connectivity index (χ0) is 45.6. The lowest BCUT2D eigenvalue weighted by Gasteiger charge is -2.58. The summed E-state index contributed by atoms with van der Waals surface area (Å²) in [5, 5.41) is 66.3. The summed E-state index contributed by atoms with van der Waals surface area (Å²) >= 11 is 0. The summed E-state index contributed by atoms with van der Waals surface area (Å²) in [7, 11) is 3.25. The molecule has 0 aromatic heterocycles. The van der Waals surface area contributed by atoms with Crippen LogP contribution >= 0.6 is 0 Å². The third-order valence-electron chi connectivity index (χ3n) is 16.9. The van der Waals surface area contributed by atoms with Crippen molar-refractivity contribution in [1.82, 2.24) is 0 Å². The largest absolute Gasteiger partial charge is 0.497 e. The van der Waals surface area contributed by atoms with Gasteiger partial charge >= 0.3 is 5.97 Å². The Labute approximate surface area is 374 Å². The van der Waals surface area contributed by atoms with Gasteiger partial charge in [-0.3, -0.25) is 0 Å². The Bertz CT molecular complexity index is 1920. The summed E-state index contributed by atoms with van der Waals surface area (Å²) in [5.41, 5.74) is 1.63. The minimum Gasteiger partial charge on any atom is -0.497 e. The zero-order valence-electron chi connectivity index (χ0n) is 37.9. The number of allylic oxidation sites excluding steroid dienone is 2. The maximum atomic E-state index is 13.0. The van der Waals surface area contributed by atoms with Gasteiger partial charge in [-0.2, -0.15) is 0 Å². The molecule has 0 amide bonds. The number of methoxy groups -OCH3 is 2. The standard InChI is InChI=1S/C48H68O16/c1-22(2)18-31-42(55)60-32-20-30-28-13-10-25-19-27(14-16-46(25,4)29(28)15-17-48(30)40(32)47(31,5)64-45(48)57-7)59-44-39(35(51)34(50)33(21-49)61-44)63-43-37(53)36(52)38(23(3)58-43)62-41(54)24-8-11-26(56-6)12-9-24/h8-12,18,23,27-40,42-45,49-53,55H,13-17,19-21H2,1-7H3/t23-,27-,28+,29-,30-,31-,32-,33+,34+,35-,36-,37+,38-,39+,40+,42+,43-,44+,45+,46-,47-,48+/m0/s1. The maximum absolute atomic E-state index is 13.0. The van der Waals surface area contributed by atoms with Gasteiger partial charge in [-0.05, 0) is 120 Å². The van der Waals surface area contributed by atoms with E-state index in [1.165, 1.54) is 24.8 Å². The molecule has 1 aromatic carbocycles. The highest BCUT2D eigenvalue weighted by Crippen LogP contribution is 2.74. The molecule has 64 heavy (non-hydrogen) atoms. The second-order valence-corrected chi connectivity index (χ2v) is 20.4. The molecule has 356 valence electrons. The first-order valence-electron chi connectivity index (χ1n) is 23.2. The van der Waals surface area contributed by atoms with Crippen LogP contribution in [0.15, 0.2) is 47.6 Å². The molecule has 4 heterocycles. The molecule has 4 aliphatic heterocycles. The van der Waals surface area contributed by atoms with E-state index >= 15 is 0 Å². The number of rotatable bonds is 10. The van der Waals surface area contributed by atoms with Gasteiger partial charge in [-0.1, -0.05) is 30.2 Å². The van der Waals surface area contributed by atoms with Gasteiger partial charge in [0.1, 0.15) is 42.4 Å². The molecule has 16 nitrogen and oxygen atoms in total. The normalized spacial score (nSPS) is 49.4. The molecule has 9 rings (SSSR count). The van der Waals surface area contributed by atoms with Crippen molar-refractivity contribution in [2.45, 2.75) is 171 Å². The average molecular weight is 901 g/mol. The van der Waals surface area contributed by atoms with Crippen LogP contribution in [0.25, 0.3) is 0 Å². The predicted octanol–water partition coefficient (Wildman–Crippen LogP) is 3.13. The molecular weight excluding hydrogens is 833 g/mol. The van der Waals surface area contributed by atoms with Crippen molar-refractivity contribution in [3.63, 3.8) is 0 Å². The van der Waals surface area contributed by atoms with Crippen LogP contribution in [0.4, 0.5) is 0 Å². The maximum Gasteiger partial charge on any atom is 0.338 e. The number of carbonyl (C=O) groups excluding carboxylic acids is 1. The van der Waals surface area contributed by atoms with Crippen LogP contribution in [0.3, 0.4) is 0 Å². The molecule has 8 aliphatic rings. The lowest BCUT2D eigenvalue weighted by atomic mass is 9.46. The van der Waals surface area contributed by atoms with Crippen LogP contribution in [0, 0.1) is 40.4 Å². The van der Waals surface area contributed by atoms with Gasteiger partial charge in [-0.15, -0.1) is 0 Å². The van der Waals surface area contributed by atoms with Crippen LogP contribution in [-0.2, 0) is 37.9 Å². The van der Waals surface area contributed by atoms with Gasteiger partial charge in [0, 0.05) is 18.4 Å². The van der Waals surface area contributed by atoms with Crippen molar-refractivity contribution < 1.29 is 78.1 Å². The number of aliphatic hydroxyl groups excluding tert-OH is 6. The number of aliphatic hydroxyl groups is 6. The molecule has 3 saturated carbocycles. The van der Waals surface area contributed by atoms with Crippen molar-refractivity contribution in [2.24, 2.45) is 40.4 Å². The summed E-state index contributed by atoms with van der Waals surface area (Å²) in [6.45, 7) is 9.56. The summed E-state index contributed by atoms with van der Waals surface area (Å²) in [6.07, 6.45) is -5.87. The van der Waals surface area contributed by atoms with Crippen molar-refractivity contribution in [3.8, 4) is 5.75 Å². The third kappa shape index (κ3) is 7.42. The summed E-state index contributed by atoms with van der Waals surface area (Å²) in [4.78, 5) is 13.0. The zero-order valence-corrected chi connectivity index (χ0v) is 37.9. The van der Waals surface area contributed by atoms with E-state index < -0.39 is 92.2 Å². The van der Waals surface area contributed by atoms with E-state index in [1.807, 2.05) is 13.8 Å². The Kier molecular flexibility index (Phi) is 12.7. The fourth-order valence-electron chi connectivity index (χ4n) is 13.9. The van der Waals surface area contributed by atoms with Crippen molar-refractivity contribution in [3.05, 3.63) is 53.1 Å². The first-order chi connectivity index (χ1) is 30.5. The number of benzene rings is 1. The topological polar surface area (TPSA) is 222 Å². The second-order valence-electron chi connectivity index (χ2n) is 20.4. The smallest absolute Gasteiger partial charge is 0.338 e. The molecule has 4 aliphatic carbocycles. The van der Waals surface area contributed by atoms with Crippen LogP contribution < -0.4 is 4.74 Å². The van der Waals surface area contributed by atoms with E-state index in [-0.39, 0.29) is 46.4 Å². The number of ether oxygens (including phenoxy) is 9. The summed E-state index contributed by atoms with van der Waals surface area (Å²) in [6, 6.07) is 6.22. The fourth-order valence-corrected chi connectivity index (χ4v) is 13.9. The van der Waals surface area contributed by atoms with Gasteiger partial charge in [0.2, 0.25) is 0 Å². The van der Waals surface area contributed by atoms with Gasteiger partial charge < -0.3 is 73.3 Å². The van der Waals surface area contributed by atoms with Crippen LogP contribution in [0.5, 0.6) is 5.75 Å². The number of hydrogen-bond acceptors (Lipinski definition) is 16. The minimum atomic E-state index is -1.74. The van der Waals surface area contributed by atoms with Crippen molar-refractivity contribution in [2.75, 3.05) is 20.8 Å². The molecule has 1 aromatic rings. The van der Waals surface area contributed by atoms with Crippen molar-refractivity contribution >= 4 is 5.97 Å². The molecule has 6 N–H and O–H groups in total. The van der Waals surface area contributed by atoms with E-state index in [9.17, 15) is 35.4 Å². The lowest BCUT2D eigenvalue weighted by molar-refractivity contribution is -0.369. The molecule has 22 atom stereocenters. The van der Waals surface area contributed by atoms with E-state index in [0.717, 1.165) is 37.7 Å². The quantitative estimate of drug-likeness (QED) is 0.147. The van der Waals surface area contributed by atoms with E-state index in [0.29, 0.717) is 30.4 Å². The first kappa shape index (κ1) is 46.6. The third-order valence-corrected chi connectivity index (χ3v) is 16.9. The highest BCUT2D eigenvalue weighted by molar-refractivity contribution is 5.89. The fraction of sp³-hybridized carbons (Fsp3) is 0.771. The van der Waals surface area contributed by atoms with Gasteiger partial charge in [-0.25, -0.2) is 4.79 Å². The highest BCUT2D eigenvalue weighted by Gasteiger charge is 2.77. The van der Waals surface area contributed by atoms with E-state index in [1.54, 1.807) is 26.2 Å². The van der Waals surface area contributed by atoms with Gasteiger partial charge in [0.25, 0.3) is 0 Å². The van der Waals surface area contributed by atoms with E-state index in [2.05, 4.69) is 26.0 Å². The highest BCUT2D eigenvalue weighted by atomic mass is 16.8. The van der Waals surface area contributed by atoms with Crippen LogP contribution in [-0.4, -0.2) is 149 Å². The predicted molar refractivity (Wildman–Crippen MR) is 225 cm³/mol.